The van der Waals surface area contributed by atoms with Crippen LogP contribution in [0.25, 0.3) is 0 Å². The Morgan fingerprint density at radius 3 is 2.00 bits per heavy atom. The number of hydrogen-bond acceptors (Lipinski definition) is 7. The number of carbonyl (C=O) groups excluding carboxylic acids is 1. The summed E-state index contributed by atoms with van der Waals surface area (Å²) in [5, 5.41) is 2.89. The molecule has 0 saturated heterocycles. The summed E-state index contributed by atoms with van der Waals surface area (Å²) in [7, 11) is -3.33. The molecule has 0 heterocycles. The second-order valence-corrected chi connectivity index (χ2v) is 10.1. The Bertz CT molecular complexity index is 1140. The van der Waals surface area contributed by atoms with Gasteiger partial charge in [-0.25, -0.2) is 0 Å². The van der Waals surface area contributed by atoms with Crippen LogP contribution in [0.1, 0.15) is 46.1 Å². The molecule has 0 fully saturated rings. The molecular weight excluding hydrogens is 487 g/mol. The van der Waals surface area contributed by atoms with Crippen LogP contribution in [0.15, 0.2) is 58.6 Å². The van der Waals surface area contributed by atoms with Gasteiger partial charge in [0.2, 0.25) is 0 Å². The van der Waals surface area contributed by atoms with Crippen LogP contribution >= 0.6 is 0 Å². The lowest BCUT2D eigenvalue weighted by Crippen LogP contribution is -2.32. The average Bonchev–Trinajstić information content (AvgIpc) is 2.78. The van der Waals surface area contributed by atoms with Gasteiger partial charge in [0.15, 0.2) is 5.71 Å². The maximum Gasteiger partial charge on any atom is 0.437 e. The molecule has 0 radical (unpaired) electrons. The number of rotatable bonds is 10. The highest BCUT2D eigenvalue weighted by molar-refractivity contribution is 7.86. The predicted octanol–water partition coefficient (Wildman–Crippen LogP) is 5.73. The first-order valence-electron chi connectivity index (χ1n) is 10.8. The summed E-state index contributed by atoms with van der Waals surface area (Å²) in [6.07, 6.45) is -3.82. The summed E-state index contributed by atoms with van der Waals surface area (Å²) >= 11 is 0. The predicted molar refractivity (Wildman–Crippen MR) is 124 cm³/mol. The third kappa shape index (κ3) is 7.45. The minimum Gasteiger partial charge on any atom is -0.497 e. The summed E-state index contributed by atoms with van der Waals surface area (Å²) in [4.78, 5) is 12.2. The summed E-state index contributed by atoms with van der Waals surface area (Å²) in [5.41, 5.74) is -2.65. The summed E-state index contributed by atoms with van der Waals surface area (Å²) in [6.45, 7) is 7.64. The van der Waals surface area contributed by atoms with Crippen LogP contribution in [0.2, 0.25) is 0 Å². The van der Waals surface area contributed by atoms with Gasteiger partial charge in [-0.3, -0.25) is 9.08 Å². The number of carbonyl (C=O) groups is 1. The quantitative estimate of drug-likeness (QED) is 0.174. The van der Waals surface area contributed by atoms with Gasteiger partial charge in [-0.05, 0) is 74.2 Å². The molecule has 1 atom stereocenters. The minimum absolute atomic E-state index is 0.0927. The van der Waals surface area contributed by atoms with Crippen molar-refractivity contribution in [1.82, 2.24) is 0 Å². The van der Waals surface area contributed by atoms with Crippen molar-refractivity contribution in [3.8, 4) is 11.5 Å². The number of ether oxygens (including phenoxy) is 2. The van der Waals surface area contributed by atoms with Gasteiger partial charge in [0.25, 0.3) is 0 Å². The van der Waals surface area contributed by atoms with Gasteiger partial charge in [0, 0.05) is 5.56 Å². The van der Waals surface area contributed by atoms with E-state index in [0.717, 1.165) is 24.3 Å². The Morgan fingerprint density at radius 1 is 1.00 bits per heavy atom. The topological polar surface area (TPSA) is 91.3 Å². The number of esters is 1. The number of halogens is 3. The Kier molecular flexibility index (Phi) is 8.94. The summed E-state index contributed by atoms with van der Waals surface area (Å²) < 4.78 is 79.9. The number of benzene rings is 2. The molecule has 192 valence electrons. The molecule has 2 aromatic carbocycles. The smallest absolute Gasteiger partial charge is 0.437 e. The second-order valence-electron chi connectivity index (χ2n) is 8.57. The molecule has 0 unspecified atom stereocenters. The van der Waals surface area contributed by atoms with E-state index in [1.165, 1.54) is 31.4 Å². The van der Waals surface area contributed by atoms with Crippen molar-refractivity contribution in [3.05, 3.63) is 54.1 Å². The molecule has 0 amide bonds. The molecule has 0 saturated carbocycles. The fraction of sp³-hybridized carbons (Fsp3) is 0.417. The first-order chi connectivity index (χ1) is 16.2. The molecule has 0 aliphatic heterocycles. The zero-order valence-electron chi connectivity index (χ0n) is 20.0. The molecule has 0 spiro atoms. The van der Waals surface area contributed by atoms with E-state index in [4.69, 9.17) is 9.47 Å². The lowest BCUT2D eigenvalue weighted by atomic mass is 9.80. The zero-order chi connectivity index (χ0) is 26.4. The number of alkyl halides is 3. The molecule has 0 aliphatic carbocycles. The first kappa shape index (κ1) is 28.2. The van der Waals surface area contributed by atoms with Crippen molar-refractivity contribution >= 4 is 21.8 Å². The summed E-state index contributed by atoms with van der Waals surface area (Å²) in [5.74, 6) is 0.208. The van der Waals surface area contributed by atoms with E-state index in [2.05, 4.69) is 9.44 Å². The highest BCUT2D eigenvalue weighted by atomic mass is 32.2. The van der Waals surface area contributed by atoms with Gasteiger partial charge in [-0.15, -0.1) is 0 Å². The SMILES string of the molecule is CC[C@@](C)(CC(C)C)C(=O)Oc1ccc(S(=O)(=O)O/N=C(/c2ccc(OC)cc2)C(F)(F)F)cc1. The van der Waals surface area contributed by atoms with Crippen molar-refractivity contribution in [2.24, 2.45) is 16.5 Å². The lowest BCUT2D eigenvalue weighted by molar-refractivity contribution is -0.146. The van der Waals surface area contributed by atoms with Crippen LogP contribution in [0.4, 0.5) is 13.2 Å². The fourth-order valence-electron chi connectivity index (χ4n) is 3.32. The van der Waals surface area contributed by atoms with Gasteiger partial charge in [0.1, 0.15) is 16.4 Å². The highest BCUT2D eigenvalue weighted by Gasteiger charge is 2.38. The molecule has 0 N–H and O–H groups in total. The van der Waals surface area contributed by atoms with Crippen LogP contribution in [-0.2, 0) is 19.2 Å². The zero-order valence-corrected chi connectivity index (χ0v) is 20.9. The maximum atomic E-state index is 13.5. The molecular formula is C24H28F3NO6S. The Balaban J connectivity index is 2.22. The number of methoxy groups -OCH3 is 1. The monoisotopic (exact) mass is 515 g/mol. The third-order valence-corrected chi connectivity index (χ3v) is 6.43. The van der Waals surface area contributed by atoms with Crippen LogP contribution < -0.4 is 9.47 Å². The van der Waals surface area contributed by atoms with Crippen LogP contribution in [-0.4, -0.2) is 33.4 Å². The Labute approximate surface area is 203 Å². The van der Waals surface area contributed by atoms with E-state index < -0.39 is 43.8 Å². The van der Waals surface area contributed by atoms with Crippen molar-refractivity contribution < 1.29 is 40.1 Å². The number of oxime groups is 1. The van der Waals surface area contributed by atoms with Gasteiger partial charge in [0.05, 0.1) is 12.5 Å². The van der Waals surface area contributed by atoms with E-state index in [9.17, 15) is 26.4 Å². The van der Waals surface area contributed by atoms with E-state index >= 15 is 0 Å². The third-order valence-electron chi connectivity index (χ3n) is 5.31. The van der Waals surface area contributed by atoms with Crippen LogP contribution in [0.3, 0.4) is 0 Å². The normalized spacial score (nSPS) is 14.4. The van der Waals surface area contributed by atoms with Gasteiger partial charge >= 0.3 is 22.3 Å². The first-order valence-corrected chi connectivity index (χ1v) is 12.2. The van der Waals surface area contributed by atoms with Crippen molar-refractivity contribution in [2.75, 3.05) is 7.11 Å². The lowest BCUT2D eigenvalue weighted by Gasteiger charge is -2.27. The molecule has 0 bridgehead atoms. The minimum atomic E-state index is -4.98. The van der Waals surface area contributed by atoms with Gasteiger partial charge in [-0.2, -0.15) is 21.6 Å². The molecule has 7 nitrogen and oxygen atoms in total. The number of nitrogens with zero attached hydrogens (tertiary/aromatic N) is 1. The fourth-order valence-corrected chi connectivity index (χ4v) is 4.05. The second kappa shape index (κ2) is 11.1. The number of hydrogen-bond donors (Lipinski definition) is 0. The van der Waals surface area contributed by atoms with Crippen molar-refractivity contribution in [2.45, 2.75) is 51.6 Å². The molecule has 2 aromatic rings. The summed E-state index contributed by atoms with van der Waals surface area (Å²) in [6, 6.07) is 9.25. The molecule has 0 aromatic heterocycles. The van der Waals surface area contributed by atoms with Gasteiger partial charge < -0.3 is 9.47 Å². The standard InChI is InChI=1S/C24H28F3NO6S/c1-6-23(4,15-16(2)3)22(29)33-19-11-13-20(14-12-19)35(30,31)34-28-21(24(25,26)27)17-7-9-18(32-5)10-8-17/h7-14,16H,6,15H2,1-5H3/b28-21-/t23-/m0/s1. The largest absolute Gasteiger partial charge is 0.497 e. The van der Waals surface area contributed by atoms with Crippen LogP contribution in [0, 0.1) is 11.3 Å². The van der Waals surface area contributed by atoms with E-state index in [1.807, 2.05) is 20.8 Å². The van der Waals surface area contributed by atoms with Crippen LogP contribution in [0.5, 0.6) is 11.5 Å². The molecule has 11 heteroatoms. The highest BCUT2D eigenvalue weighted by Crippen LogP contribution is 2.32. The van der Waals surface area contributed by atoms with Crippen molar-refractivity contribution in [1.29, 1.82) is 0 Å². The average molecular weight is 516 g/mol. The van der Waals surface area contributed by atoms with E-state index in [1.54, 1.807) is 6.92 Å². The van der Waals surface area contributed by atoms with Crippen molar-refractivity contribution in [3.63, 3.8) is 0 Å². The maximum absolute atomic E-state index is 13.5. The molecule has 0 aliphatic rings. The van der Waals surface area contributed by atoms with Gasteiger partial charge in [-0.1, -0.05) is 25.9 Å². The molecule has 35 heavy (non-hydrogen) atoms. The molecule has 2 rings (SSSR count). The Hall–Kier alpha value is -3.08. The Morgan fingerprint density at radius 2 is 1.54 bits per heavy atom. The van der Waals surface area contributed by atoms with E-state index in [0.29, 0.717) is 18.6 Å². The van der Waals surface area contributed by atoms with E-state index in [-0.39, 0.29) is 11.7 Å².